The van der Waals surface area contributed by atoms with E-state index in [0.29, 0.717) is 0 Å². The highest BCUT2D eigenvalue weighted by Gasteiger charge is 2.11. The van der Waals surface area contributed by atoms with Crippen LogP contribution in [-0.4, -0.2) is 4.98 Å². The number of hydrogen-bond acceptors (Lipinski definition) is 1. The predicted octanol–water partition coefficient (Wildman–Crippen LogP) is 4.49. The average Bonchev–Trinajstić information content (AvgIpc) is 2.61. The topological polar surface area (TPSA) is 12.9 Å². The lowest BCUT2D eigenvalue weighted by atomic mass is 10.1. The van der Waals surface area contributed by atoms with E-state index in [-0.39, 0.29) is 0 Å². The lowest BCUT2D eigenvalue weighted by molar-refractivity contribution is 1.48. The molecule has 84 valence electrons. The molecule has 0 unspecified atom stereocenters. The van der Waals surface area contributed by atoms with Crippen molar-refractivity contribution in [2.45, 2.75) is 0 Å². The highest BCUT2D eigenvalue weighted by atomic mass is 14.7. The minimum absolute atomic E-state index is 1.06. The van der Waals surface area contributed by atoms with E-state index in [1.54, 1.807) is 0 Å². The van der Waals surface area contributed by atoms with Crippen molar-refractivity contribution in [3.63, 3.8) is 0 Å². The summed E-state index contributed by atoms with van der Waals surface area (Å²) in [5.41, 5.74) is 3.39. The lowest BCUT2D eigenvalue weighted by Crippen LogP contribution is -1.73. The zero-order valence-corrected chi connectivity index (χ0v) is 9.80. The molecule has 2 aliphatic rings. The van der Waals surface area contributed by atoms with Gasteiger partial charge in [0.25, 0.3) is 0 Å². The Labute approximate surface area is 105 Å². The second kappa shape index (κ2) is 3.54. The molecule has 2 aromatic carbocycles. The maximum absolute atomic E-state index is 4.78. The normalized spacial score (nSPS) is 11.3. The van der Waals surface area contributed by atoms with E-state index < -0.39 is 0 Å². The molecule has 0 fully saturated rings. The van der Waals surface area contributed by atoms with Gasteiger partial charge in [-0.1, -0.05) is 60.7 Å². The zero-order chi connectivity index (χ0) is 11.9. The fourth-order valence-electron chi connectivity index (χ4n) is 2.58. The number of hydrogen-bond donors (Lipinski definition) is 0. The molecular formula is C17H11N. The van der Waals surface area contributed by atoms with Gasteiger partial charge in [-0.15, -0.1) is 0 Å². The lowest BCUT2D eigenvalue weighted by Gasteiger charge is -1.97. The summed E-state index contributed by atoms with van der Waals surface area (Å²) < 4.78 is 0. The summed E-state index contributed by atoms with van der Waals surface area (Å²) in [4.78, 5) is 4.78. The molecule has 1 heterocycles. The molecule has 0 N–H and O–H groups in total. The van der Waals surface area contributed by atoms with Crippen molar-refractivity contribution in [1.82, 2.24) is 4.98 Å². The second-order valence-electron chi connectivity index (χ2n) is 4.50. The quantitative estimate of drug-likeness (QED) is 0.433. The van der Waals surface area contributed by atoms with Crippen LogP contribution in [0.2, 0.25) is 0 Å². The van der Waals surface area contributed by atoms with Crippen LogP contribution >= 0.6 is 0 Å². The van der Waals surface area contributed by atoms with Gasteiger partial charge >= 0.3 is 0 Å². The van der Waals surface area contributed by atoms with Gasteiger partial charge in [0.1, 0.15) is 0 Å². The molecule has 0 atom stereocenters. The summed E-state index contributed by atoms with van der Waals surface area (Å²) in [6.07, 6.45) is 0. The largest absolute Gasteiger partial charge is 0.247 e. The predicted molar refractivity (Wildman–Crippen MR) is 75.9 cm³/mol. The fourth-order valence-corrected chi connectivity index (χ4v) is 2.58. The Kier molecular flexibility index (Phi) is 1.89. The van der Waals surface area contributed by atoms with Gasteiger partial charge in [-0.05, 0) is 11.5 Å². The Morgan fingerprint density at radius 3 is 2.44 bits per heavy atom. The first-order chi connectivity index (χ1) is 8.93. The van der Waals surface area contributed by atoms with Crippen molar-refractivity contribution < 1.29 is 0 Å². The van der Waals surface area contributed by atoms with Crippen molar-refractivity contribution in [3.8, 4) is 11.3 Å². The van der Waals surface area contributed by atoms with Gasteiger partial charge in [-0.25, -0.2) is 4.98 Å². The Hall–Kier alpha value is -2.41. The van der Waals surface area contributed by atoms with Crippen LogP contribution in [0.3, 0.4) is 0 Å². The van der Waals surface area contributed by atoms with Gasteiger partial charge < -0.3 is 0 Å². The van der Waals surface area contributed by atoms with Crippen LogP contribution in [-0.2, 0) is 0 Å². The Bertz CT molecular complexity index is 833. The van der Waals surface area contributed by atoms with E-state index in [0.717, 1.165) is 11.2 Å². The third kappa shape index (κ3) is 1.25. The highest BCUT2D eigenvalue weighted by Crippen LogP contribution is 2.34. The number of rotatable bonds is 0. The third-order valence-corrected chi connectivity index (χ3v) is 3.44. The summed E-state index contributed by atoms with van der Waals surface area (Å²) in [6, 6.07) is 23.1. The van der Waals surface area contributed by atoms with E-state index in [1.165, 1.54) is 21.7 Å². The number of aromatic nitrogens is 1. The number of fused-ring (bicyclic) bond motifs is 5. The smallest absolute Gasteiger partial charge is 0.0794 e. The van der Waals surface area contributed by atoms with E-state index in [2.05, 4.69) is 54.6 Å². The molecule has 1 aliphatic heterocycles. The molecule has 0 aromatic heterocycles. The van der Waals surface area contributed by atoms with Gasteiger partial charge in [0.05, 0.1) is 11.2 Å². The first-order valence-corrected chi connectivity index (χ1v) is 6.10. The molecule has 4 rings (SSSR count). The van der Waals surface area contributed by atoms with Crippen molar-refractivity contribution in [2.75, 3.05) is 0 Å². The number of benzene rings is 2. The zero-order valence-electron chi connectivity index (χ0n) is 9.80. The number of nitrogens with zero attached hydrogens (tertiary/aromatic N) is 1. The molecule has 0 bridgehead atoms. The molecular weight excluding hydrogens is 218 g/mol. The first kappa shape index (κ1) is 9.60. The van der Waals surface area contributed by atoms with Crippen molar-refractivity contribution >= 4 is 21.7 Å². The SMILES string of the molecule is c1ccc2nc3c(ccc4ccccc43)c-2cc1. The minimum Gasteiger partial charge on any atom is -0.247 e. The Morgan fingerprint density at radius 2 is 1.44 bits per heavy atom. The van der Waals surface area contributed by atoms with Gasteiger partial charge in [0.15, 0.2) is 0 Å². The van der Waals surface area contributed by atoms with Crippen molar-refractivity contribution in [1.29, 1.82) is 0 Å². The van der Waals surface area contributed by atoms with Crippen molar-refractivity contribution in [3.05, 3.63) is 66.7 Å². The summed E-state index contributed by atoms with van der Waals surface area (Å²) in [7, 11) is 0. The van der Waals surface area contributed by atoms with E-state index in [9.17, 15) is 0 Å². The van der Waals surface area contributed by atoms with Crippen LogP contribution in [0.4, 0.5) is 0 Å². The molecule has 0 saturated carbocycles. The Balaban J connectivity index is 2.27. The first-order valence-electron chi connectivity index (χ1n) is 6.10. The molecule has 18 heavy (non-hydrogen) atoms. The summed E-state index contributed by atoms with van der Waals surface area (Å²) >= 11 is 0. The molecule has 2 aromatic rings. The van der Waals surface area contributed by atoms with E-state index in [4.69, 9.17) is 4.98 Å². The van der Waals surface area contributed by atoms with Crippen LogP contribution in [0.5, 0.6) is 0 Å². The van der Waals surface area contributed by atoms with Crippen LogP contribution in [0.1, 0.15) is 0 Å². The molecule has 1 nitrogen and oxygen atoms in total. The summed E-state index contributed by atoms with van der Waals surface area (Å²) in [5.74, 6) is 0. The van der Waals surface area contributed by atoms with Crippen LogP contribution in [0, 0.1) is 0 Å². The second-order valence-corrected chi connectivity index (χ2v) is 4.50. The standard InChI is InChI=1S/C17H11N/c1-2-8-14-15-11-10-12-6-4-5-7-13(12)17(15)18-16(14)9-3-1/h1-11H. The average molecular weight is 229 g/mol. The summed E-state index contributed by atoms with van der Waals surface area (Å²) in [6.45, 7) is 0. The van der Waals surface area contributed by atoms with Crippen LogP contribution in [0.25, 0.3) is 32.9 Å². The molecule has 0 radical (unpaired) electrons. The third-order valence-electron chi connectivity index (χ3n) is 3.44. The minimum atomic E-state index is 1.06. The van der Waals surface area contributed by atoms with Gasteiger partial charge in [-0.3, -0.25) is 0 Å². The Morgan fingerprint density at radius 1 is 0.611 bits per heavy atom. The highest BCUT2D eigenvalue weighted by molar-refractivity contribution is 6.11. The molecule has 0 spiro atoms. The molecule has 0 amide bonds. The van der Waals surface area contributed by atoms with Crippen LogP contribution in [0.15, 0.2) is 66.7 Å². The van der Waals surface area contributed by atoms with Gasteiger partial charge in [0.2, 0.25) is 0 Å². The van der Waals surface area contributed by atoms with Gasteiger partial charge in [0, 0.05) is 16.3 Å². The molecule has 1 heteroatoms. The van der Waals surface area contributed by atoms with Crippen molar-refractivity contribution in [2.24, 2.45) is 0 Å². The van der Waals surface area contributed by atoms with Gasteiger partial charge in [-0.2, -0.15) is 0 Å². The van der Waals surface area contributed by atoms with E-state index >= 15 is 0 Å². The molecule has 0 saturated heterocycles. The summed E-state index contributed by atoms with van der Waals surface area (Å²) in [5, 5.41) is 3.71. The maximum atomic E-state index is 4.78. The monoisotopic (exact) mass is 229 g/mol. The molecule has 1 aliphatic carbocycles. The maximum Gasteiger partial charge on any atom is 0.0794 e. The fraction of sp³-hybridized carbons (Fsp3) is 0. The van der Waals surface area contributed by atoms with E-state index in [1.807, 2.05) is 12.1 Å². The van der Waals surface area contributed by atoms with Crippen LogP contribution < -0.4 is 0 Å².